The van der Waals surface area contributed by atoms with E-state index in [1.165, 1.54) is 0 Å². The minimum Gasteiger partial charge on any atom is -0.326 e. The second-order valence-electron chi connectivity index (χ2n) is 5.11. The van der Waals surface area contributed by atoms with Crippen molar-refractivity contribution >= 4 is 11.6 Å². The van der Waals surface area contributed by atoms with Gasteiger partial charge in [-0.1, -0.05) is 72.8 Å². The number of carbonyl (C=O) groups is 1. The van der Waals surface area contributed by atoms with Crippen LogP contribution in [0.25, 0.3) is 11.1 Å². The largest absolute Gasteiger partial charge is 0.326 e. The maximum atomic E-state index is 12.3. The van der Waals surface area contributed by atoms with Gasteiger partial charge < -0.3 is 5.32 Å². The van der Waals surface area contributed by atoms with Gasteiger partial charge in [0.2, 0.25) is 5.91 Å². The van der Waals surface area contributed by atoms with Crippen molar-refractivity contribution in [3.05, 3.63) is 90.5 Å². The second kappa shape index (κ2) is 6.72. The highest BCUT2D eigenvalue weighted by Gasteiger charge is 2.09. The van der Waals surface area contributed by atoms with Crippen LogP contribution in [-0.2, 0) is 11.2 Å². The van der Waals surface area contributed by atoms with Gasteiger partial charge in [0.1, 0.15) is 0 Å². The Bertz CT molecular complexity index is 751. The molecule has 0 fully saturated rings. The molecule has 3 aromatic carbocycles. The predicted molar refractivity (Wildman–Crippen MR) is 90.7 cm³/mol. The Morgan fingerprint density at radius 2 is 1.32 bits per heavy atom. The van der Waals surface area contributed by atoms with Gasteiger partial charge in [0.05, 0.1) is 6.42 Å². The molecule has 0 saturated carbocycles. The van der Waals surface area contributed by atoms with Crippen molar-refractivity contribution in [3.8, 4) is 11.1 Å². The zero-order valence-corrected chi connectivity index (χ0v) is 12.2. The van der Waals surface area contributed by atoms with Crippen LogP contribution in [0, 0.1) is 0 Å². The van der Waals surface area contributed by atoms with Gasteiger partial charge in [-0.3, -0.25) is 4.79 Å². The highest BCUT2D eigenvalue weighted by molar-refractivity contribution is 5.93. The Morgan fingerprint density at radius 1 is 0.727 bits per heavy atom. The number of carbonyl (C=O) groups excluding carboxylic acids is 1. The Hall–Kier alpha value is -2.87. The number of nitrogens with one attached hydrogen (secondary N) is 1. The summed E-state index contributed by atoms with van der Waals surface area (Å²) in [6.45, 7) is 0. The third kappa shape index (κ3) is 3.41. The first-order valence-corrected chi connectivity index (χ1v) is 7.31. The first-order chi connectivity index (χ1) is 10.8. The van der Waals surface area contributed by atoms with Crippen LogP contribution in [0.15, 0.2) is 84.9 Å². The van der Waals surface area contributed by atoms with E-state index < -0.39 is 0 Å². The Balaban J connectivity index is 1.80. The standard InChI is InChI=1S/C20H17NO/c22-20(21-18-12-5-2-6-13-18)15-17-11-7-8-14-19(17)16-9-3-1-4-10-16/h1-14H,15H2,(H,21,22). The summed E-state index contributed by atoms with van der Waals surface area (Å²) in [7, 11) is 0. The third-order valence-corrected chi connectivity index (χ3v) is 3.51. The molecule has 0 aliphatic rings. The van der Waals surface area contributed by atoms with Gasteiger partial charge in [-0.2, -0.15) is 0 Å². The van der Waals surface area contributed by atoms with E-state index in [0.29, 0.717) is 6.42 Å². The van der Waals surface area contributed by atoms with E-state index in [4.69, 9.17) is 0 Å². The molecular formula is C20H17NO. The topological polar surface area (TPSA) is 29.1 Å². The van der Waals surface area contributed by atoms with Crippen molar-refractivity contribution < 1.29 is 4.79 Å². The van der Waals surface area contributed by atoms with Crippen molar-refractivity contribution in [1.29, 1.82) is 0 Å². The average molecular weight is 287 g/mol. The molecule has 1 N–H and O–H groups in total. The molecule has 0 unspecified atom stereocenters. The van der Waals surface area contributed by atoms with Crippen LogP contribution >= 0.6 is 0 Å². The number of hydrogen-bond donors (Lipinski definition) is 1. The fourth-order valence-corrected chi connectivity index (χ4v) is 2.47. The molecule has 0 aliphatic carbocycles. The van der Waals surface area contributed by atoms with Crippen LogP contribution in [0.2, 0.25) is 0 Å². The summed E-state index contributed by atoms with van der Waals surface area (Å²) in [6, 6.07) is 27.7. The number of amides is 1. The predicted octanol–water partition coefficient (Wildman–Crippen LogP) is 4.53. The summed E-state index contributed by atoms with van der Waals surface area (Å²) in [4.78, 5) is 12.3. The number of rotatable bonds is 4. The molecule has 22 heavy (non-hydrogen) atoms. The smallest absolute Gasteiger partial charge is 0.228 e. The van der Waals surface area contributed by atoms with Gasteiger partial charge >= 0.3 is 0 Å². The summed E-state index contributed by atoms with van der Waals surface area (Å²) >= 11 is 0. The molecule has 0 radical (unpaired) electrons. The normalized spacial score (nSPS) is 10.2. The lowest BCUT2D eigenvalue weighted by atomic mass is 9.97. The number of hydrogen-bond acceptors (Lipinski definition) is 1. The molecule has 2 nitrogen and oxygen atoms in total. The summed E-state index contributed by atoms with van der Waals surface area (Å²) in [5.41, 5.74) is 4.09. The lowest BCUT2D eigenvalue weighted by Gasteiger charge is -2.10. The van der Waals surface area contributed by atoms with Crippen molar-refractivity contribution in [2.45, 2.75) is 6.42 Å². The molecule has 0 bridgehead atoms. The third-order valence-electron chi connectivity index (χ3n) is 3.51. The number of anilines is 1. The van der Waals surface area contributed by atoms with Crippen molar-refractivity contribution in [3.63, 3.8) is 0 Å². The van der Waals surface area contributed by atoms with E-state index in [1.807, 2.05) is 66.7 Å². The quantitative estimate of drug-likeness (QED) is 0.750. The Morgan fingerprint density at radius 3 is 2.05 bits per heavy atom. The monoisotopic (exact) mass is 287 g/mol. The maximum absolute atomic E-state index is 12.3. The molecule has 0 spiro atoms. The highest BCUT2D eigenvalue weighted by Crippen LogP contribution is 2.24. The van der Waals surface area contributed by atoms with Gasteiger partial charge in [-0.25, -0.2) is 0 Å². The van der Waals surface area contributed by atoms with Crippen LogP contribution in [0.1, 0.15) is 5.56 Å². The van der Waals surface area contributed by atoms with Crippen molar-refractivity contribution in [2.24, 2.45) is 0 Å². The molecule has 0 heterocycles. The minimum absolute atomic E-state index is 0.00502. The molecule has 1 amide bonds. The highest BCUT2D eigenvalue weighted by atomic mass is 16.1. The van der Waals surface area contributed by atoms with E-state index in [-0.39, 0.29) is 5.91 Å². The summed E-state index contributed by atoms with van der Waals surface area (Å²) < 4.78 is 0. The van der Waals surface area contributed by atoms with Crippen LogP contribution in [0.4, 0.5) is 5.69 Å². The fraction of sp³-hybridized carbons (Fsp3) is 0.0500. The van der Waals surface area contributed by atoms with Gasteiger partial charge in [0.15, 0.2) is 0 Å². The maximum Gasteiger partial charge on any atom is 0.228 e. The lowest BCUT2D eigenvalue weighted by Crippen LogP contribution is -2.14. The Kier molecular flexibility index (Phi) is 4.30. The first-order valence-electron chi connectivity index (χ1n) is 7.31. The van der Waals surface area contributed by atoms with Gasteiger partial charge in [0, 0.05) is 5.69 Å². The van der Waals surface area contributed by atoms with Crippen LogP contribution in [0.5, 0.6) is 0 Å². The molecule has 0 aromatic heterocycles. The van der Waals surface area contributed by atoms with Gasteiger partial charge in [-0.15, -0.1) is 0 Å². The fourth-order valence-electron chi connectivity index (χ4n) is 2.47. The minimum atomic E-state index is -0.00502. The second-order valence-corrected chi connectivity index (χ2v) is 5.11. The SMILES string of the molecule is O=C(Cc1ccccc1-c1ccccc1)Nc1ccccc1. The molecule has 2 heteroatoms. The number of benzene rings is 3. The van der Waals surface area contributed by atoms with Gasteiger partial charge in [0.25, 0.3) is 0 Å². The van der Waals surface area contributed by atoms with Crippen molar-refractivity contribution in [1.82, 2.24) is 0 Å². The van der Waals surface area contributed by atoms with E-state index in [1.54, 1.807) is 0 Å². The van der Waals surface area contributed by atoms with Gasteiger partial charge in [-0.05, 0) is 28.8 Å². The van der Waals surface area contributed by atoms with Crippen LogP contribution in [-0.4, -0.2) is 5.91 Å². The zero-order valence-electron chi connectivity index (χ0n) is 12.2. The summed E-state index contributed by atoms with van der Waals surface area (Å²) in [6.07, 6.45) is 0.361. The molecule has 0 saturated heterocycles. The number of para-hydroxylation sites is 1. The molecule has 0 aliphatic heterocycles. The molecular weight excluding hydrogens is 270 g/mol. The summed E-state index contributed by atoms with van der Waals surface area (Å²) in [5, 5.41) is 2.93. The summed E-state index contributed by atoms with van der Waals surface area (Å²) in [5.74, 6) is -0.00502. The van der Waals surface area contributed by atoms with E-state index in [0.717, 1.165) is 22.4 Å². The van der Waals surface area contributed by atoms with E-state index >= 15 is 0 Å². The van der Waals surface area contributed by atoms with Crippen LogP contribution in [0.3, 0.4) is 0 Å². The molecule has 0 atom stereocenters. The van der Waals surface area contributed by atoms with Crippen molar-refractivity contribution in [2.75, 3.05) is 5.32 Å². The average Bonchev–Trinajstić information content (AvgIpc) is 2.57. The zero-order chi connectivity index (χ0) is 15.2. The van der Waals surface area contributed by atoms with E-state index in [9.17, 15) is 4.79 Å². The molecule has 3 aromatic rings. The molecule has 3 rings (SSSR count). The Labute approximate surface area is 130 Å². The van der Waals surface area contributed by atoms with Crippen LogP contribution < -0.4 is 5.32 Å². The first kappa shape index (κ1) is 14.1. The van der Waals surface area contributed by atoms with E-state index in [2.05, 4.69) is 23.5 Å². The molecule has 108 valence electrons. The lowest BCUT2D eigenvalue weighted by molar-refractivity contribution is -0.115.